The molecule has 2 aromatic carbocycles. The maximum absolute atomic E-state index is 13.3. The van der Waals surface area contributed by atoms with Crippen LogP contribution in [0.1, 0.15) is 48.8 Å². The molecule has 0 heterocycles. The predicted octanol–water partition coefficient (Wildman–Crippen LogP) is 4.54. The Hall–Kier alpha value is -1.67. The summed E-state index contributed by atoms with van der Waals surface area (Å²) in [5, 5.41) is 11.0. The van der Waals surface area contributed by atoms with Gasteiger partial charge in [-0.05, 0) is 54.5 Å². The summed E-state index contributed by atoms with van der Waals surface area (Å²) in [6, 6.07) is 14.6. The number of hydrogen-bond donors (Lipinski definition) is 1. The number of rotatable bonds is 4. The molecule has 0 spiro atoms. The standard InChI is InChI=1S/C19H21FO/c1-19(21,13-14-6-4-9-16(20)12-14)18-11-3-2-10-17(18)15-7-5-8-15/h2-4,6,9-12,15,21H,5,7-8,13H2,1H3. The van der Waals surface area contributed by atoms with E-state index in [1.807, 2.05) is 31.2 Å². The summed E-state index contributed by atoms with van der Waals surface area (Å²) in [5.41, 5.74) is 2.09. The molecule has 1 N–H and O–H groups in total. The van der Waals surface area contributed by atoms with E-state index < -0.39 is 5.60 Å². The van der Waals surface area contributed by atoms with Gasteiger partial charge in [0.25, 0.3) is 0 Å². The normalized spacial score (nSPS) is 18.0. The van der Waals surface area contributed by atoms with Crippen LogP contribution < -0.4 is 0 Å². The Morgan fingerprint density at radius 1 is 1.14 bits per heavy atom. The average molecular weight is 284 g/mol. The van der Waals surface area contributed by atoms with Crippen LogP contribution >= 0.6 is 0 Å². The summed E-state index contributed by atoms with van der Waals surface area (Å²) in [7, 11) is 0. The van der Waals surface area contributed by atoms with Crippen LogP contribution in [0, 0.1) is 5.82 Å². The first kappa shape index (κ1) is 14.3. The first-order chi connectivity index (χ1) is 10.1. The minimum atomic E-state index is -0.972. The monoisotopic (exact) mass is 284 g/mol. The van der Waals surface area contributed by atoms with Gasteiger partial charge in [0.2, 0.25) is 0 Å². The molecular formula is C19H21FO. The second-order valence-corrected chi connectivity index (χ2v) is 6.30. The van der Waals surface area contributed by atoms with Crippen LogP contribution in [0.3, 0.4) is 0 Å². The highest BCUT2D eigenvalue weighted by atomic mass is 19.1. The van der Waals surface area contributed by atoms with E-state index in [1.54, 1.807) is 6.07 Å². The molecule has 1 fully saturated rings. The maximum atomic E-state index is 13.3. The quantitative estimate of drug-likeness (QED) is 0.873. The highest BCUT2D eigenvalue weighted by Crippen LogP contribution is 2.41. The van der Waals surface area contributed by atoms with E-state index in [0.717, 1.165) is 11.1 Å². The third kappa shape index (κ3) is 3.01. The highest BCUT2D eigenvalue weighted by molar-refractivity contribution is 5.37. The van der Waals surface area contributed by atoms with Crippen LogP contribution in [-0.4, -0.2) is 5.11 Å². The Morgan fingerprint density at radius 3 is 2.57 bits per heavy atom. The van der Waals surface area contributed by atoms with Gasteiger partial charge in [0, 0.05) is 6.42 Å². The van der Waals surface area contributed by atoms with Gasteiger partial charge < -0.3 is 5.11 Å². The van der Waals surface area contributed by atoms with Gasteiger partial charge in [-0.15, -0.1) is 0 Å². The van der Waals surface area contributed by atoms with Crippen molar-refractivity contribution < 1.29 is 9.50 Å². The van der Waals surface area contributed by atoms with Gasteiger partial charge >= 0.3 is 0 Å². The molecule has 0 aromatic heterocycles. The minimum Gasteiger partial charge on any atom is -0.385 e. The van der Waals surface area contributed by atoms with Crippen molar-refractivity contribution in [1.82, 2.24) is 0 Å². The smallest absolute Gasteiger partial charge is 0.123 e. The predicted molar refractivity (Wildman–Crippen MR) is 82.7 cm³/mol. The largest absolute Gasteiger partial charge is 0.385 e. The second-order valence-electron chi connectivity index (χ2n) is 6.30. The third-order valence-electron chi connectivity index (χ3n) is 4.52. The molecule has 0 bridgehead atoms. The zero-order chi connectivity index (χ0) is 14.9. The topological polar surface area (TPSA) is 20.2 Å². The molecule has 0 radical (unpaired) electrons. The lowest BCUT2D eigenvalue weighted by Crippen LogP contribution is -2.27. The molecule has 1 aliphatic rings. The van der Waals surface area contributed by atoms with Crippen molar-refractivity contribution in [1.29, 1.82) is 0 Å². The fourth-order valence-corrected chi connectivity index (χ4v) is 3.20. The van der Waals surface area contributed by atoms with Crippen LogP contribution in [0.2, 0.25) is 0 Å². The van der Waals surface area contributed by atoms with E-state index in [1.165, 1.54) is 37.0 Å². The average Bonchev–Trinajstić information content (AvgIpc) is 2.36. The zero-order valence-electron chi connectivity index (χ0n) is 12.3. The highest BCUT2D eigenvalue weighted by Gasteiger charge is 2.30. The van der Waals surface area contributed by atoms with Crippen LogP contribution in [0.15, 0.2) is 48.5 Å². The Morgan fingerprint density at radius 2 is 1.90 bits per heavy atom. The molecule has 0 saturated heterocycles. The molecule has 1 saturated carbocycles. The van der Waals surface area contributed by atoms with E-state index in [9.17, 15) is 9.50 Å². The summed E-state index contributed by atoms with van der Waals surface area (Å²) < 4.78 is 13.3. The van der Waals surface area contributed by atoms with Crippen molar-refractivity contribution in [3.8, 4) is 0 Å². The number of hydrogen-bond acceptors (Lipinski definition) is 1. The summed E-state index contributed by atoms with van der Waals surface area (Å²) in [6.07, 6.45) is 4.10. The molecular weight excluding hydrogens is 263 g/mol. The van der Waals surface area contributed by atoms with Crippen molar-refractivity contribution in [2.24, 2.45) is 0 Å². The van der Waals surface area contributed by atoms with Crippen molar-refractivity contribution in [2.45, 2.75) is 44.1 Å². The Balaban J connectivity index is 1.90. The van der Waals surface area contributed by atoms with Gasteiger partial charge in [-0.2, -0.15) is 0 Å². The van der Waals surface area contributed by atoms with Gasteiger partial charge in [0.05, 0.1) is 5.60 Å². The molecule has 2 aromatic rings. The summed E-state index contributed by atoms with van der Waals surface area (Å²) in [5.74, 6) is 0.316. The SMILES string of the molecule is CC(O)(Cc1cccc(F)c1)c1ccccc1C1CCC1. The third-order valence-corrected chi connectivity index (χ3v) is 4.52. The van der Waals surface area contributed by atoms with Crippen molar-refractivity contribution in [3.05, 3.63) is 71.0 Å². The first-order valence-corrected chi connectivity index (χ1v) is 7.62. The van der Waals surface area contributed by atoms with Crippen LogP contribution in [0.25, 0.3) is 0 Å². The Bertz CT molecular complexity index is 629. The number of aliphatic hydroxyl groups is 1. The van der Waals surface area contributed by atoms with Gasteiger partial charge in [-0.1, -0.05) is 42.8 Å². The van der Waals surface area contributed by atoms with Crippen LogP contribution in [0.4, 0.5) is 4.39 Å². The molecule has 110 valence electrons. The van der Waals surface area contributed by atoms with E-state index in [2.05, 4.69) is 6.07 Å². The molecule has 0 amide bonds. The molecule has 1 nitrogen and oxygen atoms in total. The van der Waals surface area contributed by atoms with Crippen molar-refractivity contribution >= 4 is 0 Å². The zero-order valence-corrected chi connectivity index (χ0v) is 12.3. The molecule has 1 unspecified atom stereocenters. The Kier molecular flexibility index (Phi) is 3.81. The molecule has 1 aliphatic carbocycles. The van der Waals surface area contributed by atoms with Gasteiger partial charge in [0.15, 0.2) is 0 Å². The van der Waals surface area contributed by atoms with E-state index in [0.29, 0.717) is 12.3 Å². The fourth-order valence-electron chi connectivity index (χ4n) is 3.20. The van der Waals surface area contributed by atoms with E-state index >= 15 is 0 Å². The van der Waals surface area contributed by atoms with Crippen LogP contribution in [0.5, 0.6) is 0 Å². The lowest BCUT2D eigenvalue weighted by atomic mass is 9.74. The van der Waals surface area contributed by atoms with Crippen molar-refractivity contribution in [3.63, 3.8) is 0 Å². The molecule has 3 rings (SSSR count). The maximum Gasteiger partial charge on any atom is 0.123 e. The second kappa shape index (κ2) is 5.61. The fraction of sp³-hybridized carbons (Fsp3) is 0.368. The molecule has 21 heavy (non-hydrogen) atoms. The summed E-state index contributed by atoms with van der Waals surface area (Å²) in [4.78, 5) is 0. The van der Waals surface area contributed by atoms with Gasteiger partial charge in [-0.25, -0.2) is 4.39 Å². The summed E-state index contributed by atoms with van der Waals surface area (Å²) in [6.45, 7) is 1.83. The van der Waals surface area contributed by atoms with Gasteiger partial charge in [-0.3, -0.25) is 0 Å². The lowest BCUT2D eigenvalue weighted by molar-refractivity contribution is 0.0557. The first-order valence-electron chi connectivity index (χ1n) is 7.62. The Labute approximate surface area is 125 Å². The lowest BCUT2D eigenvalue weighted by Gasteiger charge is -2.33. The number of halogens is 1. The molecule has 0 aliphatic heterocycles. The van der Waals surface area contributed by atoms with Gasteiger partial charge in [0.1, 0.15) is 5.82 Å². The van der Waals surface area contributed by atoms with Crippen LogP contribution in [-0.2, 0) is 12.0 Å². The summed E-state index contributed by atoms with van der Waals surface area (Å²) >= 11 is 0. The molecule has 1 atom stereocenters. The minimum absolute atomic E-state index is 0.254. The van der Waals surface area contributed by atoms with E-state index in [4.69, 9.17) is 0 Å². The number of benzene rings is 2. The van der Waals surface area contributed by atoms with Crippen molar-refractivity contribution in [2.75, 3.05) is 0 Å². The molecule has 2 heteroatoms. The van der Waals surface area contributed by atoms with E-state index in [-0.39, 0.29) is 5.82 Å².